The summed E-state index contributed by atoms with van der Waals surface area (Å²) >= 11 is 0. The lowest BCUT2D eigenvalue weighted by Gasteiger charge is -2.20. The first-order chi connectivity index (χ1) is 13.1. The van der Waals surface area contributed by atoms with Gasteiger partial charge in [-0.1, -0.05) is 60.7 Å². The largest absolute Gasteiger partial charge is 0.261 e. The van der Waals surface area contributed by atoms with E-state index in [9.17, 15) is 8.42 Å². The number of aromatic nitrogens is 3. The van der Waals surface area contributed by atoms with Gasteiger partial charge < -0.3 is 0 Å². The van der Waals surface area contributed by atoms with E-state index in [4.69, 9.17) is 0 Å². The fourth-order valence-corrected chi connectivity index (χ4v) is 4.69. The van der Waals surface area contributed by atoms with Crippen molar-refractivity contribution in [2.45, 2.75) is 18.9 Å². The van der Waals surface area contributed by atoms with E-state index >= 15 is 0 Å². The maximum Gasteiger partial charge on any atom is 0.236 e. The van der Waals surface area contributed by atoms with Crippen molar-refractivity contribution in [2.24, 2.45) is 0 Å². The van der Waals surface area contributed by atoms with Crippen LogP contribution in [-0.4, -0.2) is 34.4 Å². The van der Waals surface area contributed by atoms with Gasteiger partial charge in [0, 0.05) is 17.5 Å². The average Bonchev–Trinajstić information content (AvgIpc) is 3.38. The third kappa shape index (κ3) is 3.84. The highest BCUT2D eigenvalue weighted by atomic mass is 32.2. The molecule has 0 bridgehead atoms. The van der Waals surface area contributed by atoms with Crippen molar-refractivity contribution in [1.29, 1.82) is 0 Å². The Bertz CT molecular complexity index is 1030. The molecule has 7 heteroatoms. The van der Waals surface area contributed by atoms with Crippen LogP contribution in [0.2, 0.25) is 0 Å². The molecule has 4 rings (SSSR count). The van der Waals surface area contributed by atoms with E-state index in [0.29, 0.717) is 18.2 Å². The van der Waals surface area contributed by atoms with Gasteiger partial charge in [0.05, 0.1) is 6.04 Å². The molecule has 27 heavy (non-hydrogen) atoms. The van der Waals surface area contributed by atoms with Gasteiger partial charge in [-0.25, -0.2) is 13.4 Å². The smallest absolute Gasteiger partial charge is 0.236 e. The Hall–Kier alpha value is -2.77. The average molecular weight is 380 g/mol. The topological polar surface area (TPSA) is 79.0 Å². The van der Waals surface area contributed by atoms with Gasteiger partial charge >= 0.3 is 0 Å². The number of hydrogen-bond donors (Lipinski definition) is 1. The summed E-state index contributed by atoms with van der Waals surface area (Å²) in [5.41, 5.74) is 1.75. The van der Waals surface area contributed by atoms with Crippen molar-refractivity contribution in [3.8, 4) is 11.4 Å². The number of aromatic amines is 1. The lowest BCUT2D eigenvalue weighted by molar-refractivity contribution is 0.389. The van der Waals surface area contributed by atoms with Crippen LogP contribution in [0.1, 0.15) is 30.3 Å². The standard InChI is InChI=1S/C20H20N4O2S/c25-27(26,15-13-16-8-3-1-4-9-16)24-14-7-12-18(24)20-21-19(22-23-20)17-10-5-2-6-11-17/h1-6,8-11,13,15,18H,7,12,14H2,(H,21,22,23)/b15-13+. The van der Waals surface area contributed by atoms with Crippen molar-refractivity contribution >= 4 is 16.1 Å². The first-order valence-corrected chi connectivity index (χ1v) is 10.4. The number of H-pyrrole nitrogens is 1. The molecule has 1 N–H and O–H groups in total. The Labute approximate surface area is 158 Å². The fraction of sp³-hybridized carbons (Fsp3) is 0.200. The van der Waals surface area contributed by atoms with Gasteiger partial charge in [-0.2, -0.15) is 9.40 Å². The van der Waals surface area contributed by atoms with Crippen LogP contribution in [0.4, 0.5) is 0 Å². The zero-order valence-electron chi connectivity index (χ0n) is 14.7. The summed E-state index contributed by atoms with van der Waals surface area (Å²) < 4.78 is 27.2. The number of hydrogen-bond acceptors (Lipinski definition) is 4. The maximum atomic E-state index is 12.8. The van der Waals surface area contributed by atoms with Crippen LogP contribution in [0, 0.1) is 0 Å². The molecular weight excluding hydrogens is 360 g/mol. The monoisotopic (exact) mass is 380 g/mol. The number of sulfonamides is 1. The Morgan fingerprint density at radius 2 is 1.74 bits per heavy atom. The summed E-state index contributed by atoms with van der Waals surface area (Å²) in [5.74, 6) is 1.16. The SMILES string of the molecule is O=S(=O)(/C=C/c1ccccc1)N1CCCC1c1nc(-c2ccccc2)n[nH]1. The molecule has 2 aromatic carbocycles. The molecule has 1 saturated heterocycles. The molecule has 0 radical (unpaired) electrons. The highest BCUT2D eigenvalue weighted by Gasteiger charge is 2.36. The summed E-state index contributed by atoms with van der Waals surface area (Å²) in [7, 11) is -3.55. The molecule has 1 aliphatic rings. The molecule has 0 aliphatic carbocycles. The maximum absolute atomic E-state index is 12.8. The van der Waals surface area contributed by atoms with E-state index in [0.717, 1.165) is 24.0 Å². The quantitative estimate of drug-likeness (QED) is 0.733. The summed E-state index contributed by atoms with van der Waals surface area (Å²) in [6.45, 7) is 0.480. The van der Waals surface area contributed by atoms with Gasteiger partial charge in [0.25, 0.3) is 0 Å². The van der Waals surface area contributed by atoms with Crippen LogP contribution in [-0.2, 0) is 10.0 Å². The molecule has 1 unspecified atom stereocenters. The second-order valence-electron chi connectivity index (χ2n) is 6.44. The minimum atomic E-state index is -3.55. The van der Waals surface area contributed by atoms with Crippen LogP contribution in [0.15, 0.2) is 66.1 Å². The van der Waals surface area contributed by atoms with E-state index in [1.54, 1.807) is 6.08 Å². The van der Waals surface area contributed by atoms with Gasteiger partial charge in [0.15, 0.2) is 5.82 Å². The Morgan fingerprint density at radius 1 is 1.04 bits per heavy atom. The van der Waals surface area contributed by atoms with Gasteiger partial charge in [0.1, 0.15) is 5.82 Å². The molecule has 0 saturated carbocycles. The Kier molecular flexibility index (Phi) is 4.87. The number of rotatable bonds is 5. The van der Waals surface area contributed by atoms with Crippen molar-refractivity contribution in [3.63, 3.8) is 0 Å². The molecule has 0 amide bonds. The summed E-state index contributed by atoms with van der Waals surface area (Å²) in [4.78, 5) is 4.55. The minimum absolute atomic E-state index is 0.319. The molecule has 138 valence electrons. The molecule has 2 heterocycles. The Morgan fingerprint density at radius 3 is 2.48 bits per heavy atom. The lowest BCUT2D eigenvalue weighted by atomic mass is 10.2. The van der Waals surface area contributed by atoms with Crippen molar-refractivity contribution in [2.75, 3.05) is 6.54 Å². The summed E-state index contributed by atoms with van der Waals surface area (Å²) in [5, 5.41) is 8.47. The zero-order chi connectivity index (χ0) is 18.7. The third-order valence-electron chi connectivity index (χ3n) is 4.61. The summed E-state index contributed by atoms with van der Waals surface area (Å²) in [6.07, 6.45) is 3.15. The van der Waals surface area contributed by atoms with Gasteiger partial charge in [-0.15, -0.1) is 0 Å². The van der Waals surface area contributed by atoms with E-state index in [1.807, 2.05) is 60.7 Å². The predicted molar refractivity (Wildman–Crippen MR) is 105 cm³/mol. The van der Waals surface area contributed by atoms with Crippen LogP contribution in [0.5, 0.6) is 0 Å². The second kappa shape index (κ2) is 7.46. The third-order valence-corrected chi connectivity index (χ3v) is 6.18. The highest BCUT2D eigenvalue weighted by Crippen LogP contribution is 2.33. The molecule has 1 aromatic heterocycles. The van der Waals surface area contributed by atoms with Gasteiger partial charge in [0.2, 0.25) is 10.0 Å². The van der Waals surface area contributed by atoms with Gasteiger partial charge in [-0.3, -0.25) is 5.10 Å². The second-order valence-corrected chi connectivity index (χ2v) is 8.21. The van der Waals surface area contributed by atoms with Crippen molar-refractivity contribution < 1.29 is 8.42 Å². The van der Waals surface area contributed by atoms with Crippen LogP contribution < -0.4 is 0 Å². The molecule has 1 fully saturated rings. The predicted octanol–water partition coefficient (Wildman–Crippen LogP) is 3.61. The number of nitrogens with zero attached hydrogens (tertiary/aromatic N) is 3. The Balaban J connectivity index is 1.57. The number of benzene rings is 2. The van der Waals surface area contributed by atoms with Crippen molar-refractivity contribution in [3.05, 3.63) is 77.5 Å². The van der Waals surface area contributed by atoms with Gasteiger partial charge in [-0.05, 0) is 24.5 Å². The normalized spacial score (nSPS) is 18.3. The molecule has 1 atom stereocenters. The minimum Gasteiger partial charge on any atom is -0.261 e. The van der Waals surface area contributed by atoms with Crippen molar-refractivity contribution in [1.82, 2.24) is 19.5 Å². The van der Waals surface area contributed by atoms with E-state index in [-0.39, 0.29) is 6.04 Å². The zero-order valence-corrected chi connectivity index (χ0v) is 15.5. The molecule has 3 aromatic rings. The highest BCUT2D eigenvalue weighted by molar-refractivity contribution is 7.92. The number of nitrogens with one attached hydrogen (secondary N) is 1. The van der Waals surface area contributed by atoms with E-state index in [1.165, 1.54) is 9.71 Å². The fourth-order valence-electron chi connectivity index (χ4n) is 3.26. The van der Waals surface area contributed by atoms with Crippen LogP contribution in [0.3, 0.4) is 0 Å². The first-order valence-electron chi connectivity index (χ1n) is 8.86. The lowest BCUT2D eigenvalue weighted by Crippen LogP contribution is -2.29. The summed E-state index contributed by atoms with van der Waals surface area (Å²) in [6, 6.07) is 18.7. The molecule has 0 spiro atoms. The van der Waals surface area contributed by atoms with Crippen LogP contribution in [0.25, 0.3) is 17.5 Å². The molecule has 6 nitrogen and oxygen atoms in total. The molecule has 1 aliphatic heterocycles. The van der Waals surface area contributed by atoms with Crippen LogP contribution >= 0.6 is 0 Å². The molecular formula is C20H20N4O2S. The van der Waals surface area contributed by atoms with E-state index in [2.05, 4.69) is 15.2 Å². The van der Waals surface area contributed by atoms with E-state index < -0.39 is 10.0 Å². The first kappa shape index (κ1) is 17.6.